The number of tetrazole rings is 1. The van der Waals surface area contributed by atoms with Gasteiger partial charge < -0.3 is 9.64 Å². The first-order valence-corrected chi connectivity index (χ1v) is 11.2. The summed E-state index contributed by atoms with van der Waals surface area (Å²) in [4.78, 5) is 26.2. The van der Waals surface area contributed by atoms with Crippen LogP contribution in [0.25, 0.3) is 5.69 Å². The third kappa shape index (κ3) is 4.97. The number of hydrogen-bond acceptors (Lipinski definition) is 8. The number of hydrogen-bond donors (Lipinski definition) is 0. The standard InChI is InChI=1S/C18H23N5O5S/c1-3-17(24)22-10-4-5-13(11-22)18(25)28-12-16-19-20-21-23(16)14-6-8-15(9-7-14)29(2,26)27/h6-9,13H,3-5,10-12H2,1-2H3/t13-/m1/s1. The Labute approximate surface area is 168 Å². The quantitative estimate of drug-likeness (QED) is 0.626. The lowest BCUT2D eigenvalue weighted by molar-refractivity contribution is -0.153. The summed E-state index contributed by atoms with van der Waals surface area (Å²) < 4.78 is 29.9. The molecule has 11 heteroatoms. The summed E-state index contributed by atoms with van der Waals surface area (Å²) in [6.07, 6.45) is 2.97. The molecule has 1 aliphatic rings. The SMILES string of the molecule is CCC(=O)N1CCC[C@@H](C(=O)OCc2nnnn2-c2ccc(S(C)(=O)=O)cc2)C1. The van der Waals surface area contributed by atoms with Gasteiger partial charge in [0.25, 0.3) is 0 Å². The van der Waals surface area contributed by atoms with E-state index in [9.17, 15) is 18.0 Å². The summed E-state index contributed by atoms with van der Waals surface area (Å²) in [5.74, 6) is -0.412. The van der Waals surface area contributed by atoms with Crippen LogP contribution in [0.1, 0.15) is 32.0 Å². The molecule has 0 unspecified atom stereocenters. The molecule has 2 aromatic rings. The van der Waals surface area contributed by atoms with Gasteiger partial charge in [0.1, 0.15) is 0 Å². The maximum absolute atomic E-state index is 12.4. The molecule has 0 bridgehead atoms. The summed E-state index contributed by atoms with van der Waals surface area (Å²) in [6, 6.07) is 6.08. The molecule has 1 saturated heterocycles. The summed E-state index contributed by atoms with van der Waals surface area (Å²) in [5.41, 5.74) is 0.547. The summed E-state index contributed by atoms with van der Waals surface area (Å²) in [7, 11) is -3.30. The van der Waals surface area contributed by atoms with Gasteiger partial charge in [-0.3, -0.25) is 9.59 Å². The Morgan fingerprint density at radius 3 is 2.62 bits per heavy atom. The Morgan fingerprint density at radius 2 is 1.97 bits per heavy atom. The van der Waals surface area contributed by atoms with Crippen LogP contribution < -0.4 is 0 Å². The Hall–Kier alpha value is -2.82. The minimum Gasteiger partial charge on any atom is -0.457 e. The van der Waals surface area contributed by atoms with Crippen LogP contribution in [-0.2, 0) is 30.8 Å². The van der Waals surface area contributed by atoms with Crippen LogP contribution in [0, 0.1) is 5.92 Å². The van der Waals surface area contributed by atoms with E-state index in [4.69, 9.17) is 4.74 Å². The van der Waals surface area contributed by atoms with Crippen molar-refractivity contribution in [1.29, 1.82) is 0 Å². The predicted molar refractivity (Wildman–Crippen MR) is 102 cm³/mol. The van der Waals surface area contributed by atoms with Gasteiger partial charge in [0.15, 0.2) is 22.3 Å². The average molecular weight is 421 g/mol. The third-order valence-corrected chi connectivity index (χ3v) is 5.93. The summed E-state index contributed by atoms with van der Waals surface area (Å²) >= 11 is 0. The average Bonchev–Trinajstić information content (AvgIpc) is 3.19. The van der Waals surface area contributed by atoms with Crippen LogP contribution in [0.15, 0.2) is 29.2 Å². The van der Waals surface area contributed by atoms with Crippen molar-refractivity contribution in [2.24, 2.45) is 5.92 Å². The highest BCUT2D eigenvalue weighted by Crippen LogP contribution is 2.19. The number of piperidine rings is 1. The number of rotatable bonds is 6. The minimum atomic E-state index is -3.30. The molecule has 0 spiro atoms. The number of sulfone groups is 1. The lowest BCUT2D eigenvalue weighted by Crippen LogP contribution is -2.42. The number of carbonyl (C=O) groups excluding carboxylic acids is 2. The molecule has 2 heterocycles. The molecule has 1 fully saturated rings. The van der Waals surface area contributed by atoms with Crippen LogP contribution in [0.2, 0.25) is 0 Å². The van der Waals surface area contributed by atoms with Gasteiger partial charge in [-0.15, -0.1) is 5.10 Å². The van der Waals surface area contributed by atoms with E-state index < -0.39 is 9.84 Å². The van der Waals surface area contributed by atoms with Crippen molar-refractivity contribution in [1.82, 2.24) is 25.1 Å². The van der Waals surface area contributed by atoms with Gasteiger partial charge in [0.2, 0.25) is 5.91 Å². The first-order chi connectivity index (χ1) is 13.8. The zero-order valence-corrected chi connectivity index (χ0v) is 17.1. The molecule has 10 nitrogen and oxygen atoms in total. The Bertz CT molecular complexity index is 986. The topological polar surface area (TPSA) is 124 Å². The van der Waals surface area contributed by atoms with E-state index in [1.54, 1.807) is 24.0 Å². The third-order valence-electron chi connectivity index (χ3n) is 4.80. The molecular weight excluding hydrogens is 398 g/mol. The zero-order valence-electron chi connectivity index (χ0n) is 16.3. The minimum absolute atomic E-state index is 0.0315. The summed E-state index contributed by atoms with van der Waals surface area (Å²) in [5, 5.41) is 11.4. The van der Waals surface area contributed by atoms with Gasteiger partial charge in [-0.2, -0.15) is 4.68 Å². The maximum atomic E-state index is 12.4. The lowest BCUT2D eigenvalue weighted by atomic mass is 9.98. The second-order valence-electron chi connectivity index (χ2n) is 6.91. The molecular formula is C18H23N5O5S. The number of amides is 1. The van der Waals surface area contributed by atoms with Crippen molar-refractivity contribution in [3.63, 3.8) is 0 Å². The molecule has 0 saturated carbocycles. The second kappa shape index (κ2) is 8.68. The van der Waals surface area contributed by atoms with Crippen molar-refractivity contribution in [3.05, 3.63) is 30.1 Å². The Morgan fingerprint density at radius 1 is 1.24 bits per heavy atom. The van der Waals surface area contributed by atoms with Crippen molar-refractivity contribution in [2.75, 3.05) is 19.3 Å². The van der Waals surface area contributed by atoms with Gasteiger partial charge in [-0.25, -0.2) is 8.42 Å². The van der Waals surface area contributed by atoms with Gasteiger partial charge in [-0.1, -0.05) is 6.92 Å². The van der Waals surface area contributed by atoms with Crippen LogP contribution in [-0.4, -0.2) is 64.7 Å². The van der Waals surface area contributed by atoms with Crippen molar-refractivity contribution in [3.8, 4) is 5.69 Å². The van der Waals surface area contributed by atoms with E-state index in [1.165, 1.54) is 16.8 Å². The van der Waals surface area contributed by atoms with E-state index in [0.29, 0.717) is 37.4 Å². The van der Waals surface area contributed by atoms with Crippen molar-refractivity contribution >= 4 is 21.7 Å². The number of likely N-dealkylation sites (tertiary alicyclic amines) is 1. The highest BCUT2D eigenvalue weighted by atomic mass is 32.2. The Kier molecular flexibility index (Phi) is 6.26. The molecule has 1 aromatic carbocycles. The molecule has 0 N–H and O–H groups in total. The monoisotopic (exact) mass is 421 g/mol. The molecule has 1 amide bonds. The van der Waals surface area contributed by atoms with Gasteiger partial charge >= 0.3 is 5.97 Å². The van der Waals surface area contributed by atoms with Crippen LogP contribution in [0.4, 0.5) is 0 Å². The van der Waals surface area contributed by atoms with E-state index in [2.05, 4.69) is 15.5 Å². The molecule has 29 heavy (non-hydrogen) atoms. The number of aromatic nitrogens is 4. The van der Waals surface area contributed by atoms with Crippen molar-refractivity contribution in [2.45, 2.75) is 37.7 Å². The van der Waals surface area contributed by atoms with E-state index in [0.717, 1.165) is 12.7 Å². The number of benzene rings is 1. The van der Waals surface area contributed by atoms with E-state index in [-0.39, 0.29) is 29.3 Å². The molecule has 1 aliphatic heterocycles. The molecule has 0 radical (unpaired) electrons. The smallest absolute Gasteiger partial charge is 0.311 e. The number of esters is 1. The van der Waals surface area contributed by atoms with Crippen LogP contribution in [0.3, 0.4) is 0 Å². The van der Waals surface area contributed by atoms with Crippen LogP contribution in [0.5, 0.6) is 0 Å². The molecule has 156 valence electrons. The molecule has 3 rings (SSSR count). The zero-order chi connectivity index (χ0) is 21.0. The lowest BCUT2D eigenvalue weighted by Gasteiger charge is -2.31. The van der Waals surface area contributed by atoms with E-state index in [1.807, 2.05) is 0 Å². The fraction of sp³-hybridized carbons (Fsp3) is 0.500. The Balaban J connectivity index is 1.64. The van der Waals surface area contributed by atoms with E-state index >= 15 is 0 Å². The van der Waals surface area contributed by atoms with Gasteiger partial charge in [-0.05, 0) is 47.5 Å². The predicted octanol–water partition coefficient (Wildman–Crippen LogP) is 0.758. The maximum Gasteiger partial charge on any atom is 0.311 e. The van der Waals surface area contributed by atoms with Crippen molar-refractivity contribution < 1.29 is 22.7 Å². The summed E-state index contributed by atoms with van der Waals surface area (Å²) in [6.45, 7) is 2.70. The highest BCUT2D eigenvalue weighted by molar-refractivity contribution is 7.90. The second-order valence-corrected chi connectivity index (χ2v) is 8.93. The largest absolute Gasteiger partial charge is 0.457 e. The number of nitrogens with zero attached hydrogens (tertiary/aromatic N) is 5. The van der Waals surface area contributed by atoms with Gasteiger partial charge in [0, 0.05) is 25.8 Å². The molecule has 0 aliphatic carbocycles. The number of carbonyl (C=O) groups is 2. The first-order valence-electron chi connectivity index (χ1n) is 9.31. The van der Waals surface area contributed by atoms with Gasteiger partial charge in [0.05, 0.1) is 16.5 Å². The fourth-order valence-electron chi connectivity index (χ4n) is 3.20. The molecule has 1 atom stereocenters. The molecule has 1 aromatic heterocycles. The van der Waals surface area contributed by atoms with Crippen LogP contribution >= 0.6 is 0 Å². The first kappa shape index (κ1) is 20.9. The highest BCUT2D eigenvalue weighted by Gasteiger charge is 2.29. The fourth-order valence-corrected chi connectivity index (χ4v) is 3.83. The normalized spacial score (nSPS) is 17.2. The number of ether oxygens (including phenoxy) is 1.